The quantitative estimate of drug-likeness (QED) is 0.252. The maximum Gasteiger partial charge on any atom is 0.375 e. The van der Waals surface area contributed by atoms with Crippen LogP contribution in [0.1, 0.15) is 0 Å². The molecule has 0 bridgehead atoms. The lowest BCUT2D eigenvalue weighted by molar-refractivity contribution is -0.275. The second-order valence-electron chi connectivity index (χ2n) is 1.34. The van der Waals surface area contributed by atoms with Crippen molar-refractivity contribution in [3.63, 3.8) is 0 Å². The summed E-state index contributed by atoms with van der Waals surface area (Å²) in [5, 5.41) is 1.82. The fourth-order valence-electron chi connectivity index (χ4n) is 0.188. The van der Waals surface area contributed by atoms with Gasteiger partial charge in [-0.3, -0.25) is 0 Å². The number of carbonyl (C=O) groups is 1. The Bertz CT molecular complexity index is 130. The molecule has 0 fully saturated rings. The van der Waals surface area contributed by atoms with E-state index in [1.54, 1.807) is 0 Å². The molecule has 1 atom stereocenters. The summed E-state index contributed by atoms with van der Waals surface area (Å²) < 4.78 is 0. The third kappa shape index (κ3) is 3.25. The Balaban J connectivity index is 3.51. The lowest BCUT2D eigenvalue weighted by atomic mass is 10.4. The van der Waals surface area contributed by atoms with E-state index < -0.39 is 12.0 Å². The zero-order chi connectivity index (χ0) is 7.98. The summed E-state index contributed by atoms with van der Waals surface area (Å²) in [4.78, 5) is 26.8. The number of hydrogen-bond acceptors (Lipinski definition) is 7. The average molecular weight is 166 g/mol. The molecule has 0 heterocycles. The number of nitrogens with zero attached hydrogens (tertiary/aromatic N) is 1. The molecule has 0 rings (SSSR count). The van der Waals surface area contributed by atoms with Crippen molar-refractivity contribution in [3.8, 4) is 0 Å². The van der Waals surface area contributed by atoms with Crippen molar-refractivity contribution in [2.75, 3.05) is 5.75 Å². The van der Waals surface area contributed by atoms with Crippen LogP contribution in [0.25, 0.3) is 0 Å². The van der Waals surface area contributed by atoms with Crippen LogP contribution in [0.2, 0.25) is 0 Å². The molecule has 0 aromatic rings. The highest BCUT2D eigenvalue weighted by atomic mass is 32.1. The lowest BCUT2D eigenvalue weighted by Crippen LogP contribution is -2.33. The maximum absolute atomic E-state index is 10.4. The first-order chi connectivity index (χ1) is 4.72. The molecular formula is C3H6N2O4S. The molecule has 0 aliphatic heterocycles. The van der Waals surface area contributed by atoms with Crippen LogP contribution in [0.4, 0.5) is 0 Å². The molecule has 10 heavy (non-hydrogen) atoms. The van der Waals surface area contributed by atoms with Crippen molar-refractivity contribution in [2.24, 2.45) is 11.1 Å². The van der Waals surface area contributed by atoms with Gasteiger partial charge < -0.3 is 5.73 Å². The van der Waals surface area contributed by atoms with Crippen LogP contribution in [0.15, 0.2) is 5.34 Å². The van der Waals surface area contributed by atoms with E-state index in [4.69, 9.17) is 5.73 Å². The van der Waals surface area contributed by atoms with E-state index in [-0.39, 0.29) is 5.75 Å². The molecule has 0 amide bonds. The zero-order valence-electron chi connectivity index (χ0n) is 4.89. The molecule has 2 N–H and O–H groups in total. The third-order valence-corrected chi connectivity index (χ3v) is 1.04. The van der Waals surface area contributed by atoms with Gasteiger partial charge in [0.25, 0.3) is 0 Å². The minimum Gasteiger partial charge on any atom is -0.318 e. The summed E-state index contributed by atoms with van der Waals surface area (Å²) in [6, 6.07) is -0.898. The van der Waals surface area contributed by atoms with E-state index in [9.17, 15) is 9.70 Å². The van der Waals surface area contributed by atoms with Crippen LogP contribution in [-0.4, -0.2) is 17.8 Å². The predicted molar refractivity (Wildman–Crippen MR) is 34.8 cm³/mol. The monoisotopic (exact) mass is 166 g/mol. The molecule has 0 radical (unpaired) electrons. The highest BCUT2D eigenvalue weighted by Crippen LogP contribution is 1.89. The van der Waals surface area contributed by atoms with Crippen molar-refractivity contribution < 1.29 is 14.7 Å². The van der Waals surface area contributed by atoms with E-state index in [1.807, 2.05) is 5.34 Å². The minimum absolute atomic E-state index is 0.112. The van der Waals surface area contributed by atoms with E-state index in [0.29, 0.717) is 0 Å². The molecule has 6 nitrogen and oxygen atoms in total. The van der Waals surface area contributed by atoms with Crippen molar-refractivity contribution in [1.29, 1.82) is 0 Å². The van der Waals surface area contributed by atoms with Crippen molar-refractivity contribution >= 4 is 18.6 Å². The molecular weight excluding hydrogens is 160 g/mol. The van der Waals surface area contributed by atoms with Crippen molar-refractivity contribution in [1.82, 2.24) is 0 Å². The van der Waals surface area contributed by atoms with Crippen LogP contribution >= 0.6 is 12.6 Å². The SMILES string of the molecule is NC(CS)C(=O)OON=O. The highest BCUT2D eigenvalue weighted by molar-refractivity contribution is 7.80. The summed E-state index contributed by atoms with van der Waals surface area (Å²) in [6.07, 6.45) is 0. The van der Waals surface area contributed by atoms with Gasteiger partial charge in [-0.25, -0.2) is 9.68 Å². The van der Waals surface area contributed by atoms with Gasteiger partial charge in [-0.05, 0) is 0 Å². The lowest BCUT2D eigenvalue weighted by Gasteiger charge is -2.01. The first-order valence-corrected chi connectivity index (χ1v) is 2.92. The van der Waals surface area contributed by atoms with Gasteiger partial charge in [-0.15, -0.1) is 9.90 Å². The van der Waals surface area contributed by atoms with Gasteiger partial charge >= 0.3 is 5.97 Å². The summed E-state index contributed by atoms with van der Waals surface area (Å²) in [7, 11) is 0. The van der Waals surface area contributed by atoms with Crippen molar-refractivity contribution in [2.45, 2.75) is 6.04 Å². The third-order valence-electron chi connectivity index (χ3n) is 0.649. The molecule has 0 saturated carbocycles. The maximum atomic E-state index is 10.4. The normalized spacial score (nSPS) is 11.8. The molecule has 58 valence electrons. The average Bonchev–Trinajstić information content (AvgIpc) is 1.98. The van der Waals surface area contributed by atoms with Gasteiger partial charge in [0.15, 0.2) is 0 Å². The Morgan fingerprint density at radius 1 is 1.80 bits per heavy atom. The van der Waals surface area contributed by atoms with E-state index >= 15 is 0 Å². The van der Waals surface area contributed by atoms with E-state index in [1.165, 1.54) is 0 Å². The van der Waals surface area contributed by atoms with Crippen LogP contribution < -0.4 is 5.73 Å². The Labute approximate surface area is 61.9 Å². The first kappa shape index (κ1) is 9.18. The van der Waals surface area contributed by atoms with Gasteiger partial charge in [0.05, 0.1) is 0 Å². The van der Waals surface area contributed by atoms with E-state index in [0.717, 1.165) is 0 Å². The van der Waals surface area contributed by atoms with Gasteiger partial charge in [0.1, 0.15) is 6.04 Å². The number of nitrogens with two attached hydrogens (primary N) is 1. The topological polar surface area (TPSA) is 91.0 Å². The second-order valence-corrected chi connectivity index (χ2v) is 1.71. The molecule has 0 aromatic carbocycles. The minimum atomic E-state index is -0.898. The van der Waals surface area contributed by atoms with Gasteiger partial charge in [0, 0.05) is 5.75 Å². The molecule has 0 saturated heterocycles. The number of rotatable bonds is 4. The van der Waals surface area contributed by atoms with Crippen LogP contribution in [0, 0.1) is 4.91 Å². The highest BCUT2D eigenvalue weighted by Gasteiger charge is 2.14. The predicted octanol–water partition coefficient (Wildman–Crippen LogP) is -0.600. The Morgan fingerprint density at radius 3 is 2.80 bits per heavy atom. The molecule has 1 unspecified atom stereocenters. The van der Waals surface area contributed by atoms with Gasteiger partial charge in [0.2, 0.25) is 5.34 Å². The Hall–Kier alpha value is -0.820. The zero-order valence-corrected chi connectivity index (χ0v) is 5.78. The Kier molecular flexibility index (Phi) is 4.59. The smallest absolute Gasteiger partial charge is 0.318 e. The molecule has 0 aliphatic carbocycles. The molecule has 0 aromatic heterocycles. The van der Waals surface area contributed by atoms with Crippen LogP contribution in [0.3, 0.4) is 0 Å². The fraction of sp³-hybridized carbons (Fsp3) is 0.667. The Morgan fingerprint density at radius 2 is 2.40 bits per heavy atom. The summed E-state index contributed by atoms with van der Waals surface area (Å²) in [6.45, 7) is 0. The largest absolute Gasteiger partial charge is 0.375 e. The second kappa shape index (κ2) is 5.00. The van der Waals surface area contributed by atoms with E-state index in [2.05, 4.69) is 22.5 Å². The summed E-state index contributed by atoms with van der Waals surface area (Å²) >= 11 is 3.69. The van der Waals surface area contributed by atoms with Crippen molar-refractivity contribution in [3.05, 3.63) is 4.91 Å². The van der Waals surface area contributed by atoms with Crippen LogP contribution in [0.5, 0.6) is 0 Å². The molecule has 0 spiro atoms. The number of thiol groups is 1. The molecule has 7 heteroatoms. The fourth-order valence-corrected chi connectivity index (χ4v) is 0.337. The number of carbonyl (C=O) groups excluding carboxylic acids is 1. The van der Waals surface area contributed by atoms with Crippen LogP contribution in [-0.2, 0) is 14.7 Å². The number of hydrogen-bond donors (Lipinski definition) is 2. The summed E-state index contributed by atoms with van der Waals surface area (Å²) in [5.41, 5.74) is 5.08. The van der Waals surface area contributed by atoms with Gasteiger partial charge in [-0.1, -0.05) is 0 Å². The van der Waals surface area contributed by atoms with Gasteiger partial charge in [-0.2, -0.15) is 12.6 Å². The summed E-state index contributed by atoms with van der Waals surface area (Å²) in [5.74, 6) is -0.768. The standard InChI is InChI=1S/C3H6N2O4S/c4-2(1-10)3(6)8-9-5-7/h2,10H,1,4H2. The first-order valence-electron chi connectivity index (χ1n) is 2.29. The molecule has 0 aliphatic rings.